The van der Waals surface area contributed by atoms with Crippen LogP contribution < -0.4 is 10.8 Å². The molecule has 1 fully saturated rings. The molecule has 2 rings (SSSR count). The van der Waals surface area contributed by atoms with Crippen molar-refractivity contribution in [2.24, 2.45) is 0 Å². The fraction of sp³-hybridized carbons (Fsp3) is 0.533. The summed E-state index contributed by atoms with van der Waals surface area (Å²) in [5.74, 6) is -2.39. The Hall–Kier alpha value is -1.54. The molecule has 1 aliphatic rings. The van der Waals surface area contributed by atoms with Crippen molar-refractivity contribution < 1.29 is 31.4 Å². The molecular weight excluding hydrogens is 310 g/mol. The lowest BCUT2D eigenvalue weighted by Crippen LogP contribution is -2.41. The Morgan fingerprint density at radius 1 is 1.26 bits per heavy atom. The molecule has 0 radical (unpaired) electrons. The van der Waals surface area contributed by atoms with E-state index in [1.165, 1.54) is 0 Å². The SMILES string of the molecule is [2H]C([2H])([2H])NC(=O)c1cc(B2OC(C)(C)C(C)(C)O2)c(F)c(C(F)F)c1. The van der Waals surface area contributed by atoms with Gasteiger partial charge < -0.3 is 14.6 Å². The zero-order chi connectivity index (χ0) is 20.1. The lowest BCUT2D eigenvalue weighted by atomic mass is 9.76. The van der Waals surface area contributed by atoms with Crippen molar-refractivity contribution in [2.45, 2.75) is 45.3 Å². The maximum Gasteiger partial charge on any atom is 0.497 e. The summed E-state index contributed by atoms with van der Waals surface area (Å²) >= 11 is 0. The van der Waals surface area contributed by atoms with Gasteiger partial charge in [-0.25, -0.2) is 13.2 Å². The summed E-state index contributed by atoms with van der Waals surface area (Å²) in [4.78, 5) is 12.0. The number of hydrogen-bond donors (Lipinski definition) is 1. The molecule has 0 bridgehead atoms. The first-order valence-corrected chi connectivity index (χ1v) is 6.94. The van der Waals surface area contributed by atoms with E-state index < -0.39 is 60.0 Å². The molecule has 23 heavy (non-hydrogen) atoms. The van der Waals surface area contributed by atoms with Gasteiger partial charge in [0, 0.05) is 22.1 Å². The molecule has 0 unspecified atom stereocenters. The second-order valence-corrected chi connectivity index (χ2v) is 6.31. The third-order valence-corrected chi connectivity index (χ3v) is 4.25. The number of halogens is 3. The van der Waals surface area contributed by atoms with E-state index in [0.29, 0.717) is 6.07 Å². The van der Waals surface area contributed by atoms with Gasteiger partial charge in [0.25, 0.3) is 12.3 Å². The minimum atomic E-state index is -3.21. The number of benzene rings is 1. The average molecular weight is 332 g/mol. The molecule has 0 aliphatic carbocycles. The second kappa shape index (κ2) is 5.83. The van der Waals surface area contributed by atoms with Crippen molar-refractivity contribution in [2.75, 3.05) is 6.98 Å². The summed E-state index contributed by atoms with van der Waals surface area (Å²) in [6.07, 6.45) is -3.21. The quantitative estimate of drug-likeness (QED) is 0.865. The van der Waals surface area contributed by atoms with Gasteiger partial charge in [0.05, 0.1) is 16.8 Å². The largest absolute Gasteiger partial charge is 0.497 e. The number of carbonyl (C=O) groups excluding carboxylic acids is 1. The van der Waals surface area contributed by atoms with E-state index in [-0.39, 0.29) is 0 Å². The topological polar surface area (TPSA) is 47.6 Å². The molecule has 1 saturated heterocycles. The van der Waals surface area contributed by atoms with Gasteiger partial charge in [0.15, 0.2) is 0 Å². The molecule has 1 aliphatic heterocycles. The third kappa shape index (κ3) is 3.10. The Labute approximate surface area is 137 Å². The van der Waals surface area contributed by atoms with Crippen LogP contribution in [0.25, 0.3) is 0 Å². The molecule has 126 valence electrons. The second-order valence-electron chi connectivity index (χ2n) is 6.31. The molecule has 0 saturated carbocycles. The van der Waals surface area contributed by atoms with Crippen LogP contribution in [-0.4, -0.2) is 31.2 Å². The van der Waals surface area contributed by atoms with Crippen LogP contribution in [0.15, 0.2) is 12.1 Å². The lowest BCUT2D eigenvalue weighted by molar-refractivity contribution is 0.00578. The maximum absolute atomic E-state index is 14.6. The van der Waals surface area contributed by atoms with Crippen LogP contribution in [0.5, 0.6) is 0 Å². The number of amides is 1. The van der Waals surface area contributed by atoms with E-state index in [4.69, 9.17) is 13.4 Å². The van der Waals surface area contributed by atoms with Crippen molar-refractivity contribution in [3.05, 3.63) is 29.1 Å². The molecule has 0 atom stereocenters. The zero-order valence-electron chi connectivity index (χ0n) is 16.2. The Kier molecular flexibility index (Phi) is 3.51. The average Bonchev–Trinajstić information content (AvgIpc) is 2.65. The van der Waals surface area contributed by atoms with Crippen molar-refractivity contribution >= 4 is 18.5 Å². The molecule has 1 aromatic carbocycles. The monoisotopic (exact) mass is 332 g/mol. The van der Waals surface area contributed by atoms with Crippen LogP contribution in [0, 0.1) is 5.82 Å². The Balaban J connectivity index is 2.51. The lowest BCUT2D eigenvalue weighted by Gasteiger charge is -2.32. The van der Waals surface area contributed by atoms with E-state index in [0.717, 1.165) is 6.07 Å². The first-order chi connectivity index (χ1) is 11.6. The molecule has 4 nitrogen and oxygen atoms in total. The highest BCUT2D eigenvalue weighted by Gasteiger charge is 2.52. The summed E-state index contributed by atoms with van der Waals surface area (Å²) in [5, 5.41) is 1.68. The van der Waals surface area contributed by atoms with E-state index >= 15 is 0 Å². The summed E-state index contributed by atoms with van der Waals surface area (Å²) < 4.78 is 73.5. The van der Waals surface area contributed by atoms with E-state index in [9.17, 15) is 18.0 Å². The zero-order valence-corrected chi connectivity index (χ0v) is 13.2. The Morgan fingerprint density at radius 3 is 2.30 bits per heavy atom. The minimum absolute atomic E-state index is 0.392. The number of alkyl halides is 2. The molecule has 1 aromatic rings. The first kappa shape index (κ1) is 13.9. The van der Waals surface area contributed by atoms with Gasteiger partial charge in [-0.2, -0.15) is 0 Å². The molecule has 8 heteroatoms. The van der Waals surface area contributed by atoms with Crippen LogP contribution >= 0.6 is 0 Å². The van der Waals surface area contributed by atoms with E-state index in [1.54, 1.807) is 33.0 Å². The van der Waals surface area contributed by atoms with E-state index in [2.05, 4.69) is 0 Å². The van der Waals surface area contributed by atoms with Gasteiger partial charge in [-0.05, 0) is 39.8 Å². The standard InChI is InChI=1S/C15H19BF3NO3/c1-14(2)15(3,4)23-16(22-14)10-7-8(13(21)20-5)6-9(11(10)17)12(18)19/h6-7,12H,1-5H3,(H,20,21)/i5D3. The summed E-state index contributed by atoms with van der Waals surface area (Å²) in [5.41, 5.74) is -3.56. The van der Waals surface area contributed by atoms with Crippen LogP contribution in [0.1, 0.15) is 54.2 Å². The molecule has 1 heterocycles. The van der Waals surface area contributed by atoms with Crippen LogP contribution in [0.3, 0.4) is 0 Å². The van der Waals surface area contributed by atoms with Gasteiger partial charge in [-0.3, -0.25) is 4.79 Å². The van der Waals surface area contributed by atoms with Gasteiger partial charge >= 0.3 is 7.12 Å². The van der Waals surface area contributed by atoms with Gasteiger partial charge in [-0.1, -0.05) is 0 Å². The molecule has 1 N–H and O–H groups in total. The highest BCUT2D eigenvalue weighted by molar-refractivity contribution is 6.62. The normalized spacial score (nSPS) is 21.7. The Morgan fingerprint density at radius 2 is 1.83 bits per heavy atom. The van der Waals surface area contributed by atoms with Crippen molar-refractivity contribution in [3.8, 4) is 0 Å². The van der Waals surface area contributed by atoms with Crippen molar-refractivity contribution in [1.82, 2.24) is 5.32 Å². The fourth-order valence-corrected chi connectivity index (χ4v) is 2.17. The number of nitrogens with one attached hydrogen (secondary N) is 1. The highest BCUT2D eigenvalue weighted by Crippen LogP contribution is 2.37. The molecular formula is C15H19BF3NO3. The molecule has 0 spiro atoms. The first-order valence-electron chi connectivity index (χ1n) is 8.44. The Bertz CT molecular complexity index is 710. The van der Waals surface area contributed by atoms with Crippen molar-refractivity contribution in [3.63, 3.8) is 0 Å². The third-order valence-electron chi connectivity index (χ3n) is 4.25. The van der Waals surface area contributed by atoms with Gasteiger partial charge in [0.2, 0.25) is 0 Å². The fourth-order valence-electron chi connectivity index (χ4n) is 2.17. The van der Waals surface area contributed by atoms with Gasteiger partial charge in [-0.15, -0.1) is 0 Å². The molecule has 0 aromatic heterocycles. The summed E-state index contributed by atoms with van der Waals surface area (Å²) in [6, 6.07) is 1.58. The van der Waals surface area contributed by atoms with Crippen LogP contribution in [0.2, 0.25) is 0 Å². The minimum Gasteiger partial charge on any atom is -0.399 e. The maximum atomic E-state index is 14.6. The highest BCUT2D eigenvalue weighted by atomic mass is 19.3. The number of rotatable bonds is 3. The van der Waals surface area contributed by atoms with Crippen LogP contribution in [0.4, 0.5) is 13.2 Å². The number of hydrogen-bond acceptors (Lipinski definition) is 3. The summed E-state index contributed by atoms with van der Waals surface area (Å²) in [7, 11) is -1.32. The van der Waals surface area contributed by atoms with Crippen molar-refractivity contribution in [1.29, 1.82) is 0 Å². The number of carbonyl (C=O) groups is 1. The van der Waals surface area contributed by atoms with E-state index in [1.807, 2.05) is 0 Å². The predicted octanol–water partition coefficient (Wildman–Crippen LogP) is 2.42. The smallest absolute Gasteiger partial charge is 0.399 e. The van der Waals surface area contributed by atoms with Crippen LogP contribution in [-0.2, 0) is 9.31 Å². The van der Waals surface area contributed by atoms with Gasteiger partial charge in [0.1, 0.15) is 5.82 Å². The predicted molar refractivity (Wildman–Crippen MR) is 80.5 cm³/mol. The summed E-state index contributed by atoms with van der Waals surface area (Å²) in [6.45, 7) is 3.98. The molecule has 1 amide bonds.